The fourth-order valence-corrected chi connectivity index (χ4v) is 1.96. The smallest absolute Gasteiger partial charge is 0.419 e. The van der Waals surface area contributed by atoms with Crippen LogP contribution in [0.25, 0.3) is 0 Å². The van der Waals surface area contributed by atoms with Gasteiger partial charge in [-0.3, -0.25) is 0 Å². The summed E-state index contributed by atoms with van der Waals surface area (Å²) in [4.78, 5) is 0. The molecule has 0 fully saturated rings. The molecule has 0 radical (unpaired) electrons. The summed E-state index contributed by atoms with van der Waals surface area (Å²) in [7, 11) is 0. The SMILES string of the molecule is CCCC(CS)COc1ccccc1C(F)(F)F. The van der Waals surface area contributed by atoms with Crippen LogP contribution in [0.3, 0.4) is 0 Å². The molecule has 0 saturated carbocycles. The molecule has 1 aromatic rings. The van der Waals surface area contributed by atoms with Crippen LogP contribution in [0.1, 0.15) is 25.3 Å². The number of rotatable bonds is 6. The lowest BCUT2D eigenvalue weighted by Gasteiger charge is -2.17. The molecule has 1 unspecified atom stereocenters. The molecule has 1 atom stereocenters. The first kappa shape index (κ1) is 15.2. The molecule has 0 aromatic heterocycles. The zero-order valence-electron chi connectivity index (χ0n) is 10.2. The van der Waals surface area contributed by atoms with E-state index in [4.69, 9.17) is 4.74 Å². The van der Waals surface area contributed by atoms with Gasteiger partial charge in [0.2, 0.25) is 0 Å². The first-order chi connectivity index (χ1) is 8.49. The van der Waals surface area contributed by atoms with Gasteiger partial charge in [-0.1, -0.05) is 25.5 Å². The molecule has 1 aromatic carbocycles. The molecule has 1 nitrogen and oxygen atoms in total. The van der Waals surface area contributed by atoms with Gasteiger partial charge in [-0.25, -0.2) is 0 Å². The highest BCUT2D eigenvalue weighted by atomic mass is 32.1. The summed E-state index contributed by atoms with van der Waals surface area (Å²) >= 11 is 4.18. The van der Waals surface area contributed by atoms with Crippen molar-refractivity contribution in [2.24, 2.45) is 5.92 Å². The minimum absolute atomic E-state index is 0.104. The summed E-state index contributed by atoms with van der Waals surface area (Å²) in [6, 6.07) is 5.28. The van der Waals surface area contributed by atoms with E-state index in [1.54, 1.807) is 6.07 Å². The van der Waals surface area contributed by atoms with E-state index in [1.807, 2.05) is 6.92 Å². The molecule has 0 saturated heterocycles. The largest absolute Gasteiger partial charge is 0.493 e. The van der Waals surface area contributed by atoms with E-state index in [-0.39, 0.29) is 18.3 Å². The van der Waals surface area contributed by atoms with E-state index in [0.717, 1.165) is 18.9 Å². The minimum atomic E-state index is -4.38. The molecule has 1 rings (SSSR count). The molecule has 5 heteroatoms. The molecule has 18 heavy (non-hydrogen) atoms. The van der Waals surface area contributed by atoms with E-state index >= 15 is 0 Å². The van der Waals surface area contributed by atoms with Crippen molar-refractivity contribution in [1.29, 1.82) is 0 Å². The molecule has 102 valence electrons. The summed E-state index contributed by atoms with van der Waals surface area (Å²) in [6.07, 6.45) is -2.51. The van der Waals surface area contributed by atoms with E-state index in [1.165, 1.54) is 12.1 Å². The number of ether oxygens (including phenoxy) is 1. The Balaban J connectivity index is 2.73. The van der Waals surface area contributed by atoms with Gasteiger partial charge in [0.25, 0.3) is 0 Å². The predicted molar refractivity (Wildman–Crippen MR) is 69.2 cm³/mol. The van der Waals surface area contributed by atoms with Crippen molar-refractivity contribution in [2.45, 2.75) is 25.9 Å². The van der Waals surface area contributed by atoms with Gasteiger partial charge in [-0.2, -0.15) is 25.8 Å². The standard InChI is InChI=1S/C13H17F3OS/c1-2-5-10(9-18)8-17-12-7-4-3-6-11(12)13(14,15)16/h3-4,6-7,10,18H,2,5,8-9H2,1H3. The van der Waals surface area contributed by atoms with Crippen LogP contribution in [0.4, 0.5) is 13.2 Å². The Labute approximate surface area is 111 Å². The first-order valence-corrected chi connectivity index (χ1v) is 6.52. The molecular formula is C13H17F3OS. The van der Waals surface area contributed by atoms with Crippen molar-refractivity contribution in [3.8, 4) is 5.75 Å². The average molecular weight is 278 g/mol. The quantitative estimate of drug-likeness (QED) is 0.757. The Hall–Kier alpha value is -0.840. The lowest BCUT2D eigenvalue weighted by atomic mass is 10.1. The van der Waals surface area contributed by atoms with Crippen molar-refractivity contribution < 1.29 is 17.9 Å². The number of halogens is 3. The highest BCUT2D eigenvalue weighted by molar-refractivity contribution is 7.80. The van der Waals surface area contributed by atoms with Crippen LogP contribution in [0.2, 0.25) is 0 Å². The maximum absolute atomic E-state index is 12.7. The zero-order valence-corrected chi connectivity index (χ0v) is 11.1. The Morgan fingerprint density at radius 2 is 1.94 bits per heavy atom. The number of thiol groups is 1. The number of alkyl halides is 3. The van der Waals surface area contributed by atoms with Crippen molar-refractivity contribution in [3.05, 3.63) is 29.8 Å². The predicted octanol–water partition coefficient (Wildman–Crippen LogP) is 4.43. The normalized spacial score (nSPS) is 13.4. The van der Waals surface area contributed by atoms with Gasteiger partial charge in [-0.05, 0) is 24.3 Å². The average Bonchev–Trinajstić information content (AvgIpc) is 2.33. The van der Waals surface area contributed by atoms with Crippen molar-refractivity contribution in [3.63, 3.8) is 0 Å². The van der Waals surface area contributed by atoms with E-state index in [9.17, 15) is 13.2 Å². The van der Waals surface area contributed by atoms with Crippen molar-refractivity contribution >= 4 is 12.6 Å². The zero-order chi connectivity index (χ0) is 13.6. The Morgan fingerprint density at radius 1 is 1.28 bits per heavy atom. The minimum Gasteiger partial charge on any atom is -0.493 e. The number of benzene rings is 1. The van der Waals surface area contributed by atoms with Crippen LogP contribution < -0.4 is 4.74 Å². The highest BCUT2D eigenvalue weighted by Crippen LogP contribution is 2.36. The number of para-hydroxylation sites is 1. The maximum atomic E-state index is 12.7. The number of hydrogen-bond acceptors (Lipinski definition) is 2. The van der Waals surface area contributed by atoms with Crippen LogP contribution in [0.15, 0.2) is 24.3 Å². The summed E-state index contributed by atoms with van der Waals surface area (Å²) in [5.41, 5.74) is -0.723. The van der Waals surface area contributed by atoms with Crippen molar-refractivity contribution in [2.75, 3.05) is 12.4 Å². The fraction of sp³-hybridized carbons (Fsp3) is 0.538. The molecule has 0 aliphatic heterocycles. The third kappa shape index (κ3) is 4.44. The van der Waals surface area contributed by atoms with Gasteiger partial charge in [0, 0.05) is 5.92 Å². The molecule has 0 spiro atoms. The van der Waals surface area contributed by atoms with Gasteiger partial charge in [-0.15, -0.1) is 0 Å². The summed E-state index contributed by atoms with van der Waals surface area (Å²) in [6.45, 7) is 2.30. The topological polar surface area (TPSA) is 9.23 Å². The van der Waals surface area contributed by atoms with Gasteiger partial charge >= 0.3 is 6.18 Å². The van der Waals surface area contributed by atoms with Gasteiger partial charge < -0.3 is 4.74 Å². The Kier molecular flexibility index (Phi) is 5.85. The van der Waals surface area contributed by atoms with Crippen LogP contribution in [0, 0.1) is 5.92 Å². The second kappa shape index (κ2) is 6.92. The van der Waals surface area contributed by atoms with Gasteiger partial charge in [0.1, 0.15) is 5.75 Å². The van der Waals surface area contributed by atoms with E-state index in [2.05, 4.69) is 12.6 Å². The number of hydrogen-bond donors (Lipinski definition) is 1. The molecule has 0 aliphatic carbocycles. The van der Waals surface area contributed by atoms with Crippen LogP contribution in [-0.2, 0) is 6.18 Å². The lowest BCUT2D eigenvalue weighted by molar-refractivity contribution is -0.139. The second-order valence-corrected chi connectivity index (χ2v) is 4.51. The third-order valence-corrected chi connectivity index (χ3v) is 3.14. The second-order valence-electron chi connectivity index (χ2n) is 4.14. The first-order valence-electron chi connectivity index (χ1n) is 5.89. The van der Waals surface area contributed by atoms with Crippen LogP contribution >= 0.6 is 12.6 Å². The molecule has 0 N–H and O–H groups in total. The molecule has 0 bridgehead atoms. The lowest BCUT2D eigenvalue weighted by Crippen LogP contribution is -2.16. The van der Waals surface area contributed by atoms with Crippen LogP contribution in [-0.4, -0.2) is 12.4 Å². The molecule has 0 heterocycles. The van der Waals surface area contributed by atoms with Gasteiger partial charge in [0.05, 0.1) is 12.2 Å². The van der Waals surface area contributed by atoms with Crippen molar-refractivity contribution in [1.82, 2.24) is 0 Å². The maximum Gasteiger partial charge on any atom is 0.419 e. The monoisotopic (exact) mass is 278 g/mol. The Bertz CT molecular complexity index is 365. The summed E-state index contributed by atoms with van der Waals surface area (Å²) in [5.74, 6) is 0.690. The van der Waals surface area contributed by atoms with Crippen LogP contribution in [0.5, 0.6) is 5.75 Å². The fourth-order valence-electron chi connectivity index (χ4n) is 1.67. The molecule has 0 aliphatic rings. The molecule has 0 amide bonds. The van der Waals surface area contributed by atoms with E-state index < -0.39 is 11.7 Å². The van der Waals surface area contributed by atoms with Gasteiger partial charge in [0.15, 0.2) is 0 Å². The Morgan fingerprint density at radius 3 is 2.50 bits per heavy atom. The van der Waals surface area contributed by atoms with E-state index in [0.29, 0.717) is 5.75 Å². The summed E-state index contributed by atoms with van der Waals surface area (Å²) in [5, 5.41) is 0. The summed E-state index contributed by atoms with van der Waals surface area (Å²) < 4.78 is 43.4. The highest BCUT2D eigenvalue weighted by Gasteiger charge is 2.34. The third-order valence-electron chi connectivity index (χ3n) is 2.62. The molecular weight excluding hydrogens is 261 g/mol.